The van der Waals surface area contributed by atoms with Gasteiger partial charge in [-0.25, -0.2) is 4.98 Å². The van der Waals surface area contributed by atoms with E-state index in [0.717, 1.165) is 23.1 Å². The number of nitrogens with zero attached hydrogens (tertiary/aromatic N) is 1. The first-order valence-electron chi connectivity index (χ1n) is 8.99. The highest BCUT2D eigenvalue weighted by Gasteiger charge is 2.30. The van der Waals surface area contributed by atoms with Crippen molar-refractivity contribution >= 4 is 33.1 Å². The number of hydrogen-bond acceptors (Lipinski definition) is 4. The summed E-state index contributed by atoms with van der Waals surface area (Å²) in [5.74, 6) is 0.543. The van der Waals surface area contributed by atoms with Crippen molar-refractivity contribution in [3.8, 4) is 0 Å². The fourth-order valence-corrected chi connectivity index (χ4v) is 4.49. The van der Waals surface area contributed by atoms with Gasteiger partial charge in [-0.3, -0.25) is 4.79 Å². The van der Waals surface area contributed by atoms with Crippen LogP contribution in [0, 0.1) is 11.3 Å². The minimum atomic E-state index is -0.285. The number of rotatable bonds is 1. The van der Waals surface area contributed by atoms with Gasteiger partial charge in [0.15, 0.2) is 0 Å². The summed E-state index contributed by atoms with van der Waals surface area (Å²) in [6, 6.07) is 2.18. The van der Waals surface area contributed by atoms with Crippen LogP contribution in [0.2, 0.25) is 0 Å². The maximum absolute atomic E-state index is 12.5. The molecule has 0 spiro atoms. The zero-order valence-corrected chi connectivity index (χ0v) is 16.9. The van der Waals surface area contributed by atoms with E-state index in [2.05, 4.69) is 32.2 Å². The molecule has 2 heterocycles. The Morgan fingerprint density at radius 3 is 2.56 bits per heavy atom. The summed E-state index contributed by atoms with van der Waals surface area (Å²) in [6.45, 7) is 12.8. The molecule has 0 unspecified atom stereocenters. The molecule has 3 N–H and O–H groups in total. The molecule has 1 aliphatic rings. The molecule has 25 heavy (non-hydrogen) atoms. The van der Waals surface area contributed by atoms with E-state index in [4.69, 9.17) is 10.7 Å². The van der Waals surface area contributed by atoms with Crippen LogP contribution in [-0.4, -0.2) is 16.4 Å². The van der Waals surface area contributed by atoms with Crippen molar-refractivity contribution in [1.29, 1.82) is 0 Å². The van der Waals surface area contributed by atoms with Gasteiger partial charge in [-0.2, -0.15) is 0 Å². The van der Waals surface area contributed by atoms with Gasteiger partial charge >= 0.3 is 0 Å². The van der Waals surface area contributed by atoms with E-state index in [1.165, 1.54) is 29.0 Å². The Morgan fingerprint density at radius 1 is 1.28 bits per heavy atom. The normalized spacial score (nSPS) is 18.2. The Bertz CT molecular complexity index is 824. The number of thiophene rings is 1. The zero-order chi connectivity index (χ0) is 18.6. The Hall–Kier alpha value is -1.62. The molecule has 0 fully saturated rings. The molecular weight excluding hydrogens is 330 g/mol. The minimum absolute atomic E-state index is 0.112. The first kappa shape index (κ1) is 18.2. The smallest absolute Gasteiger partial charge is 0.263 e. The molecule has 5 heteroatoms. The fourth-order valence-electron chi connectivity index (χ4n) is 3.50. The molecule has 2 aromatic heterocycles. The number of nitrogen functional groups attached to an aromatic ring is 1. The molecule has 0 aliphatic heterocycles. The quantitative estimate of drug-likeness (QED) is 0.784. The van der Waals surface area contributed by atoms with Crippen LogP contribution < -0.4 is 11.1 Å². The number of amides is 1. The predicted molar refractivity (Wildman–Crippen MR) is 106 cm³/mol. The van der Waals surface area contributed by atoms with E-state index in [1.807, 2.05) is 20.8 Å². The standard InChI is InChI=1S/C20H29N3OS/c1-19(2,3)12-7-8-14-11(9-12)10-13-15(21)16(25-18(13)22-14)17(24)23-20(4,5)6/h10,12H,7-9,21H2,1-6H3,(H,23,24)/t12-/m0/s1. The number of anilines is 1. The van der Waals surface area contributed by atoms with Crippen molar-refractivity contribution in [1.82, 2.24) is 10.3 Å². The topological polar surface area (TPSA) is 68.0 Å². The molecule has 0 aromatic carbocycles. The number of nitrogens with one attached hydrogen (secondary N) is 1. The average Bonchev–Trinajstić information content (AvgIpc) is 2.78. The van der Waals surface area contributed by atoms with Gasteiger partial charge < -0.3 is 11.1 Å². The van der Waals surface area contributed by atoms with Gasteiger partial charge in [-0.05, 0) is 63.0 Å². The highest BCUT2D eigenvalue weighted by molar-refractivity contribution is 7.21. The van der Waals surface area contributed by atoms with Crippen LogP contribution in [0.25, 0.3) is 10.2 Å². The van der Waals surface area contributed by atoms with Gasteiger partial charge in [0.2, 0.25) is 0 Å². The number of aryl methyl sites for hydroxylation is 1. The summed E-state index contributed by atoms with van der Waals surface area (Å²) < 4.78 is 0. The van der Waals surface area contributed by atoms with E-state index in [1.54, 1.807) is 0 Å². The molecule has 0 bridgehead atoms. The molecule has 3 rings (SSSR count). The summed E-state index contributed by atoms with van der Waals surface area (Å²) in [5, 5.41) is 3.93. The lowest BCUT2D eigenvalue weighted by molar-refractivity contribution is 0.0924. The lowest BCUT2D eigenvalue weighted by Crippen LogP contribution is -2.40. The van der Waals surface area contributed by atoms with Gasteiger partial charge in [0.25, 0.3) is 5.91 Å². The van der Waals surface area contributed by atoms with Gasteiger partial charge in [0.1, 0.15) is 9.71 Å². The largest absolute Gasteiger partial charge is 0.397 e. The van der Waals surface area contributed by atoms with Crippen molar-refractivity contribution in [2.24, 2.45) is 11.3 Å². The second kappa shape index (κ2) is 5.97. The maximum Gasteiger partial charge on any atom is 0.263 e. The lowest BCUT2D eigenvalue weighted by Gasteiger charge is -2.34. The Balaban J connectivity index is 1.99. The van der Waals surface area contributed by atoms with Gasteiger partial charge in [-0.1, -0.05) is 20.8 Å². The summed E-state index contributed by atoms with van der Waals surface area (Å²) >= 11 is 1.40. The van der Waals surface area contributed by atoms with E-state index in [-0.39, 0.29) is 11.4 Å². The number of fused-ring (bicyclic) bond motifs is 2. The lowest BCUT2D eigenvalue weighted by atomic mass is 9.71. The van der Waals surface area contributed by atoms with Gasteiger partial charge in [0, 0.05) is 16.6 Å². The SMILES string of the molecule is CC(C)(C)NC(=O)c1sc2nc3c(cc2c1N)C[C@@H](C(C)(C)C)CC3. The molecule has 1 amide bonds. The van der Waals surface area contributed by atoms with Crippen LogP contribution in [0.3, 0.4) is 0 Å². The van der Waals surface area contributed by atoms with E-state index >= 15 is 0 Å². The third-order valence-electron chi connectivity index (χ3n) is 5.01. The number of aromatic nitrogens is 1. The number of carbonyl (C=O) groups excluding carboxylic acids is 1. The van der Waals surface area contributed by atoms with E-state index in [9.17, 15) is 4.79 Å². The summed E-state index contributed by atoms with van der Waals surface area (Å²) in [7, 11) is 0. The zero-order valence-electron chi connectivity index (χ0n) is 16.1. The van der Waals surface area contributed by atoms with Crippen LogP contribution >= 0.6 is 11.3 Å². The first-order chi connectivity index (χ1) is 11.5. The molecule has 1 aliphatic carbocycles. The van der Waals surface area contributed by atoms with Gasteiger partial charge in [0.05, 0.1) is 5.69 Å². The average molecular weight is 360 g/mol. The van der Waals surface area contributed by atoms with Crippen LogP contribution in [0.15, 0.2) is 6.07 Å². The Morgan fingerprint density at radius 2 is 1.96 bits per heavy atom. The maximum atomic E-state index is 12.5. The van der Waals surface area contributed by atoms with Crippen LogP contribution in [-0.2, 0) is 12.8 Å². The first-order valence-corrected chi connectivity index (χ1v) is 9.80. The number of nitrogens with two attached hydrogens (primary N) is 1. The predicted octanol–water partition coefficient (Wildman–Crippen LogP) is 4.56. The molecule has 0 radical (unpaired) electrons. The van der Waals surface area contributed by atoms with E-state index in [0.29, 0.717) is 21.9 Å². The van der Waals surface area contributed by atoms with Crippen molar-refractivity contribution in [2.45, 2.75) is 66.3 Å². The number of pyridine rings is 1. The highest BCUT2D eigenvalue weighted by Crippen LogP contribution is 2.40. The summed E-state index contributed by atoms with van der Waals surface area (Å²) in [5.41, 5.74) is 9.37. The van der Waals surface area contributed by atoms with Gasteiger partial charge in [-0.15, -0.1) is 11.3 Å². The van der Waals surface area contributed by atoms with Crippen molar-refractivity contribution in [2.75, 3.05) is 5.73 Å². The Kier molecular flexibility index (Phi) is 4.34. The van der Waals surface area contributed by atoms with Crippen molar-refractivity contribution < 1.29 is 4.79 Å². The van der Waals surface area contributed by atoms with Crippen molar-refractivity contribution in [3.63, 3.8) is 0 Å². The number of hydrogen-bond donors (Lipinski definition) is 2. The van der Waals surface area contributed by atoms with Crippen LogP contribution in [0.1, 0.15) is 68.9 Å². The minimum Gasteiger partial charge on any atom is -0.397 e. The highest BCUT2D eigenvalue weighted by atomic mass is 32.1. The molecule has 1 atom stereocenters. The van der Waals surface area contributed by atoms with Crippen LogP contribution in [0.5, 0.6) is 0 Å². The van der Waals surface area contributed by atoms with Crippen LogP contribution in [0.4, 0.5) is 5.69 Å². The summed E-state index contributed by atoms with van der Waals surface area (Å²) in [4.78, 5) is 18.9. The molecular formula is C20H29N3OS. The molecule has 136 valence electrons. The molecule has 0 saturated carbocycles. The Labute approximate surface area is 154 Å². The molecule has 2 aromatic rings. The third kappa shape index (κ3) is 3.66. The van der Waals surface area contributed by atoms with Crippen molar-refractivity contribution in [3.05, 3.63) is 22.2 Å². The van der Waals surface area contributed by atoms with E-state index < -0.39 is 0 Å². The molecule has 0 saturated heterocycles. The second-order valence-electron chi connectivity index (χ2n) is 9.30. The third-order valence-corrected chi connectivity index (χ3v) is 6.12. The monoisotopic (exact) mass is 359 g/mol. The fraction of sp³-hybridized carbons (Fsp3) is 0.600. The second-order valence-corrected chi connectivity index (χ2v) is 10.3. The summed E-state index contributed by atoms with van der Waals surface area (Å²) in [6.07, 6.45) is 3.22. The molecule has 4 nitrogen and oxygen atoms in total. The number of carbonyl (C=O) groups is 1.